The van der Waals surface area contributed by atoms with E-state index in [0.29, 0.717) is 24.1 Å². The molecule has 1 fully saturated rings. The fourth-order valence-corrected chi connectivity index (χ4v) is 2.85. The van der Waals surface area contributed by atoms with Gasteiger partial charge in [-0.3, -0.25) is 0 Å². The van der Waals surface area contributed by atoms with Gasteiger partial charge in [0.15, 0.2) is 0 Å². The predicted molar refractivity (Wildman–Crippen MR) is 90.1 cm³/mol. The van der Waals surface area contributed by atoms with Crippen molar-refractivity contribution in [2.24, 2.45) is 5.92 Å². The molecular formula is C18H25N3O2. The van der Waals surface area contributed by atoms with Gasteiger partial charge in [0.2, 0.25) is 0 Å². The van der Waals surface area contributed by atoms with Crippen LogP contribution in [0, 0.1) is 17.2 Å². The van der Waals surface area contributed by atoms with E-state index in [1.54, 1.807) is 0 Å². The number of benzene rings is 1. The van der Waals surface area contributed by atoms with E-state index in [2.05, 4.69) is 16.7 Å². The standard InChI is InChI=1S/C18H25N3O2/c1-18(2,3)23-17(22)20-12-14-5-4-6-16(14)21-15-9-7-13(11-19)8-10-15/h7-10,14,16,21H,4-6,12H2,1-3H3,(H,20,22). The maximum atomic E-state index is 11.8. The van der Waals surface area contributed by atoms with Crippen molar-refractivity contribution in [2.75, 3.05) is 11.9 Å². The third-order valence-corrected chi connectivity index (χ3v) is 3.93. The van der Waals surface area contributed by atoms with E-state index < -0.39 is 5.60 Å². The molecule has 0 spiro atoms. The predicted octanol–water partition coefficient (Wildman–Crippen LogP) is 3.66. The number of amides is 1. The second kappa shape index (κ2) is 7.36. The van der Waals surface area contributed by atoms with Crippen LogP contribution in [0.3, 0.4) is 0 Å². The Kier molecular flexibility index (Phi) is 5.49. The van der Waals surface area contributed by atoms with Gasteiger partial charge in [0.25, 0.3) is 0 Å². The van der Waals surface area contributed by atoms with Crippen molar-refractivity contribution in [1.29, 1.82) is 5.26 Å². The fourth-order valence-electron chi connectivity index (χ4n) is 2.85. The summed E-state index contributed by atoms with van der Waals surface area (Å²) in [6.45, 7) is 6.19. The normalized spacial score (nSPS) is 20.6. The molecule has 1 aliphatic rings. The number of carbonyl (C=O) groups excluding carboxylic acids is 1. The van der Waals surface area contributed by atoms with Crippen molar-refractivity contribution in [3.05, 3.63) is 29.8 Å². The van der Waals surface area contributed by atoms with Gasteiger partial charge < -0.3 is 15.4 Å². The zero-order chi connectivity index (χ0) is 16.9. The van der Waals surface area contributed by atoms with Crippen LogP contribution in [0.5, 0.6) is 0 Å². The Morgan fingerprint density at radius 1 is 1.30 bits per heavy atom. The highest BCUT2D eigenvalue weighted by Crippen LogP contribution is 2.28. The van der Waals surface area contributed by atoms with Crippen LogP contribution in [0.1, 0.15) is 45.6 Å². The van der Waals surface area contributed by atoms with Crippen molar-refractivity contribution >= 4 is 11.8 Å². The van der Waals surface area contributed by atoms with E-state index in [1.807, 2.05) is 45.0 Å². The second-order valence-electron chi connectivity index (χ2n) is 7.01. The van der Waals surface area contributed by atoms with Crippen molar-refractivity contribution in [3.8, 4) is 6.07 Å². The molecule has 1 saturated carbocycles. The molecule has 1 aromatic carbocycles. The summed E-state index contributed by atoms with van der Waals surface area (Å²) in [4.78, 5) is 11.8. The Balaban J connectivity index is 1.85. The van der Waals surface area contributed by atoms with Crippen LogP contribution in [0.4, 0.5) is 10.5 Å². The Morgan fingerprint density at radius 2 is 2.00 bits per heavy atom. The SMILES string of the molecule is CC(C)(C)OC(=O)NCC1CCCC1Nc1ccc(C#N)cc1. The number of nitriles is 1. The molecule has 0 heterocycles. The van der Waals surface area contributed by atoms with Crippen LogP contribution >= 0.6 is 0 Å². The first-order valence-corrected chi connectivity index (χ1v) is 8.11. The maximum Gasteiger partial charge on any atom is 0.407 e. The minimum atomic E-state index is -0.472. The van der Waals surface area contributed by atoms with E-state index in [1.165, 1.54) is 0 Å². The third-order valence-electron chi connectivity index (χ3n) is 3.93. The van der Waals surface area contributed by atoms with Gasteiger partial charge in [-0.1, -0.05) is 6.42 Å². The summed E-state index contributed by atoms with van der Waals surface area (Å²) in [5.74, 6) is 0.387. The molecular weight excluding hydrogens is 290 g/mol. The van der Waals surface area contributed by atoms with E-state index in [0.717, 1.165) is 24.9 Å². The molecule has 2 rings (SSSR count). The first kappa shape index (κ1) is 17.1. The average Bonchev–Trinajstić information content (AvgIpc) is 2.91. The van der Waals surface area contributed by atoms with Gasteiger partial charge in [0.05, 0.1) is 11.6 Å². The highest BCUT2D eigenvalue weighted by molar-refractivity contribution is 5.67. The van der Waals surface area contributed by atoms with E-state index >= 15 is 0 Å². The lowest BCUT2D eigenvalue weighted by molar-refractivity contribution is 0.0519. The van der Waals surface area contributed by atoms with Gasteiger partial charge in [-0.25, -0.2) is 4.79 Å². The third kappa shape index (κ3) is 5.48. The molecule has 0 radical (unpaired) electrons. The van der Waals surface area contributed by atoms with Gasteiger partial charge in [-0.2, -0.15) is 5.26 Å². The number of nitrogens with zero attached hydrogens (tertiary/aromatic N) is 1. The maximum absolute atomic E-state index is 11.8. The molecule has 2 unspecified atom stereocenters. The highest BCUT2D eigenvalue weighted by atomic mass is 16.6. The number of ether oxygens (including phenoxy) is 1. The number of hydrogen-bond donors (Lipinski definition) is 2. The van der Waals surface area contributed by atoms with E-state index in [9.17, 15) is 4.79 Å². The summed E-state index contributed by atoms with van der Waals surface area (Å²) in [6.07, 6.45) is 2.96. The summed E-state index contributed by atoms with van der Waals surface area (Å²) >= 11 is 0. The molecule has 2 N–H and O–H groups in total. The summed E-state index contributed by atoms with van der Waals surface area (Å²) < 4.78 is 5.28. The second-order valence-corrected chi connectivity index (χ2v) is 7.01. The zero-order valence-corrected chi connectivity index (χ0v) is 14.1. The van der Waals surface area contributed by atoms with Crippen LogP contribution in [0.2, 0.25) is 0 Å². The lowest BCUT2D eigenvalue weighted by Gasteiger charge is -2.24. The molecule has 0 saturated heterocycles. The largest absolute Gasteiger partial charge is 0.444 e. The molecule has 5 heteroatoms. The first-order chi connectivity index (χ1) is 10.9. The molecule has 2 atom stereocenters. The average molecular weight is 315 g/mol. The number of rotatable bonds is 4. The molecule has 23 heavy (non-hydrogen) atoms. The highest BCUT2D eigenvalue weighted by Gasteiger charge is 2.28. The monoisotopic (exact) mass is 315 g/mol. The smallest absolute Gasteiger partial charge is 0.407 e. The van der Waals surface area contributed by atoms with Crippen molar-refractivity contribution < 1.29 is 9.53 Å². The Hall–Kier alpha value is -2.22. The quantitative estimate of drug-likeness (QED) is 0.889. The van der Waals surface area contributed by atoms with Gasteiger partial charge in [0.1, 0.15) is 5.60 Å². The molecule has 0 aromatic heterocycles. The Bertz CT molecular complexity index is 569. The minimum absolute atomic E-state index is 0.331. The van der Waals surface area contributed by atoms with Gasteiger partial charge in [-0.15, -0.1) is 0 Å². The number of hydrogen-bond acceptors (Lipinski definition) is 4. The number of anilines is 1. The fraction of sp³-hybridized carbons (Fsp3) is 0.556. The Morgan fingerprint density at radius 3 is 2.61 bits per heavy atom. The summed E-state index contributed by atoms with van der Waals surface area (Å²) in [5, 5.41) is 15.2. The molecule has 5 nitrogen and oxygen atoms in total. The van der Waals surface area contributed by atoms with Crippen molar-refractivity contribution in [1.82, 2.24) is 5.32 Å². The van der Waals surface area contributed by atoms with Crippen LogP contribution in [0.25, 0.3) is 0 Å². The molecule has 1 aromatic rings. The summed E-state index contributed by atoms with van der Waals surface area (Å²) in [5.41, 5.74) is 1.20. The van der Waals surface area contributed by atoms with Gasteiger partial charge in [0, 0.05) is 18.3 Å². The molecule has 0 bridgehead atoms. The molecule has 1 amide bonds. The van der Waals surface area contributed by atoms with Crippen molar-refractivity contribution in [2.45, 2.75) is 51.7 Å². The summed E-state index contributed by atoms with van der Waals surface area (Å²) in [7, 11) is 0. The van der Waals surface area contributed by atoms with Crippen LogP contribution < -0.4 is 10.6 Å². The molecule has 0 aliphatic heterocycles. The lowest BCUT2D eigenvalue weighted by Crippen LogP contribution is -2.38. The zero-order valence-electron chi connectivity index (χ0n) is 14.1. The minimum Gasteiger partial charge on any atom is -0.444 e. The van der Waals surface area contributed by atoms with Crippen LogP contribution in [-0.4, -0.2) is 24.3 Å². The van der Waals surface area contributed by atoms with E-state index in [-0.39, 0.29) is 6.09 Å². The van der Waals surface area contributed by atoms with Crippen LogP contribution in [0.15, 0.2) is 24.3 Å². The lowest BCUT2D eigenvalue weighted by atomic mass is 10.0. The van der Waals surface area contributed by atoms with Crippen molar-refractivity contribution in [3.63, 3.8) is 0 Å². The van der Waals surface area contributed by atoms with Gasteiger partial charge >= 0.3 is 6.09 Å². The molecule has 124 valence electrons. The first-order valence-electron chi connectivity index (χ1n) is 8.11. The summed E-state index contributed by atoms with van der Waals surface area (Å²) in [6, 6.07) is 9.92. The number of carbonyl (C=O) groups is 1. The number of alkyl carbamates (subject to hydrolysis) is 1. The Labute approximate surface area is 138 Å². The number of nitrogens with one attached hydrogen (secondary N) is 2. The molecule has 1 aliphatic carbocycles. The topological polar surface area (TPSA) is 74.2 Å². The van der Waals surface area contributed by atoms with Crippen LogP contribution in [-0.2, 0) is 4.74 Å². The van der Waals surface area contributed by atoms with Gasteiger partial charge in [-0.05, 0) is 63.8 Å². The van der Waals surface area contributed by atoms with E-state index in [4.69, 9.17) is 10.00 Å².